The molecule has 0 radical (unpaired) electrons. The number of hydrogen-bond acceptors (Lipinski definition) is 5. The minimum Gasteiger partial charge on any atom is -0.489 e. The zero-order chi connectivity index (χ0) is 21.1. The fraction of sp³-hybridized carbons (Fsp3) is 0.435. The first-order chi connectivity index (χ1) is 13.7. The summed E-state index contributed by atoms with van der Waals surface area (Å²) in [6.45, 7) is 9.11. The first-order valence-electron chi connectivity index (χ1n) is 9.98. The van der Waals surface area contributed by atoms with Gasteiger partial charge in [-0.1, -0.05) is 12.1 Å². The summed E-state index contributed by atoms with van der Waals surface area (Å²) in [5.74, 6) is 0.650. The van der Waals surface area contributed by atoms with Gasteiger partial charge in [-0.05, 0) is 82.5 Å². The van der Waals surface area contributed by atoms with Crippen LogP contribution in [0.3, 0.4) is 0 Å². The average molecular weight is 398 g/mol. The molecule has 0 saturated carbocycles. The van der Waals surface area contributed by atoms with E-state index in [4.69, 9.17) is 9.94 Å². The summed E-state index contributed by atoms with van der Waals surface area (Å²) in [5.41, 5.74) is 4.33. The molecule has 1 heterocycles. The van der Waals surface area contributed by atoms with Gasteiger partial charge in [0, 0.05) is 22.7 Å². The quantitative estimate of drug-likeness (QED) is 0.552. The van der Waals surface area contributed by atoms with Gasteiger partial charge < -0.3 is 15.4 Å². The summed E-state index contributed by atoms with van der Waals surface area (Å²) in [6, 6.07) is 14.7. The van der Waals surface area contributed by atoms with Crippen LogP contribution in [0.1, 0.15) is 56.5 Å². The average Bonchev–Trinajstić information content (AvgIpc) is 2.64. The number of hydrogen-bond donors (Lipinski definition) is 4. The van der Waals surface area contributed by atoms with E-state index in [0.29, 0.717) is 23.6 Å². The molecule has 3 rings (SSSR count). The van der Waals surface area contributed by atoms with Crippen LogP contribution in [0.2, 0.25) is 0 Å². The Hall–Kier alpha value is -2.57. The van der Waals surface area contributed by atoms with Gasteiger partial charge in [0.1, 0.15) is 12.4 Å². The number of piperidine rings is 1. The second kappa shape index (κ2) is 8.43. The van der Waals surface area contributed by atoms with Crippen LogP contribution in [0.5, 0.6) is 5.75 Å². The molecule has 0 spiro atoms. The molecule has 0 atom stereocenters. The second-order valence-electron chi connectivity index (χ2n) is 9.09. The standard InChI is InChI=1S/C23H31N3O3/c1-22(2)13-19(14-23(3,4)26-22)24-21(27)17-7-11-20(12-8-17)29-15-16-5-9-18(25-28)10-6-16/h5-12,19,25-26,28H,13-15H2,1-4H3,(H,24,27). The first kappa shape index (κ1) is 21.1. The molecule has 1 fully saturated rings. The lowest BCUT2D eigenvalue weighted by atomic mass is 9.79. The fourth-order valence-electron chi connectivity index (χ4n) is 4.24. The van der Waals surface area contributed by atoms with Crippen molar-refractivity contribution in [3.05, 3.63) is 59.7 Å². The van der Waals surface area contributed by atoms with Crippen molar-refractivity contribution in [2.24, 2.45) is 0 Å². The molecule has 0 unspecified atom stereocenters. The molecule has 1 saturated heterocycles. The van der Waals surface area contributed by atoms with Crippen molar-refractivity contribution in [3.63, 3.8) is 0 Å². The van der Waals surface area contributed by atoms with Crippen LogP contribution < -0.4 is 20.9 Å². The van der Waals surface area contributed by atoms with Gasteiger partial charge in [0.2, 0.25) is 0 Å². The molecule has 6 heteroatoms. The molecule has 156 valence electrons. The van der Waals surface area contributed by atoms with E-state index in [1.54, 1.807) is 24.3 Å². The maximum Gasteiger partial charge on any atom is 0.251 e. The van der Waals surface area contributed by atoms with Gasteiger partial charge in [-0.25, -0.2) is 0 Å². The highest BCUT2D eigenvalue weighted by Crippen LogP contribution is 2.28. The third-order valence-electron chi connectivity index (χ3n) is 5.13. The summed E-state index contributed by atoms with van der Waals surface area (Å²) in [5, 5.41) is 15.7. The lowest BCUT2D eigenvalue weighted by Crippen LogP contribution is -2.62. The van der Waals surface area contributed by atoms with Gasteiger partial charge in [0.25, 0.3) is 5.91 Å². The molecular weight excluding hydrogens is 366 g/mol. The number of nitrogens with one attached hydrogen (secondary N) is 3. The van der Waals surface area contributed by atoms with E-state index in [-0.39, 0.29) is 23.0 Å². The molecular formula is C23H31N3O3. The van der Waals surface area contributed by atoms with E-state index in [2.05, 4.69) is 43.8 Å². The summed E-state index contributed by atoms with van der Waals surface area (Å²) in [6.07, 6.45) is 1.79. The highest BCUT2D eigenvalue weighted by molar-refractivity contribution is 5.94. The van der Waals surface area contributed by atoms with E-state index >= 15 is 0 Å². The molecule has 0 aliphatic carbocycles. The number of benzene rings is 2. The third-order valence-corrected chi connectivity index (χ3v) is 5.13. The van der Waals surface area contributed by atoms with Gasteiger partial charge in [-0.15, -0.1) is 0 Å². The Morgan fingerprint density at radius 2 is 1.62 bits per heavy atom. The lowest BCUT2D eigenvalue weighted by molar-refractivity contribution is 0.0873. The number of ether oxygens (including phenoxy) is 1. The van der Waals surface area contributed by atoms with E-state index in [9.17, 15) is 4.79 Å². The molecule has 6 nitrogen and oxygen atoms in total. The molecule has 2 aromatic carbocycles. The van der Waals surface area contributed by atoms with E-state index < -0.39 is 0 Å². The topological polar surface area (TPSA) is 82.6 Å². The Kier molecular flexibility index (Phi) is 6.15. The van der Waals surface area contributed by atoms with Crippen LogP contribution >= 0.6 is 0 Å². The molecule has 0 bridgehead atoms. The summed E-state index contributed by atoms with van der Waals surface area (Å²) < 4.78 is 5.78. The van der Waals surface area contributed by atoms with Crippen LogP contribution in [-0.4, -0.2) is 28.2 Å². The second-order valence-corrected chi connectivity index (χ2v) is 9.09. The smallest absolute Gasteiger partial charge is 0.251 e. The van der Waals surface area contributed by atoms with Crippen LogP contribution in [0, 0.1) is 0 Å². The van der Waals surface area contributed by atoms with E-state index in [1.807, 2.05) is 24.3 Å². The summed E-state index contributed by atoms with van der Waals surface area (Å²) in [7, 11) is 0. The SMILES string of the molecule is CC1(C)CC(NC(=O)c2ccc(OCc3ccc(NO)cc3)cc2)CC(C)(C)N1. The largest absolute Gasteiger partial charge is 0.489 e. The van der Waals surface area contributed by atoms with Gasteiger partial charge in [0.05, 0.1) is 5.69 Å². The predicted molar refractivity (Wildman–Crippen MR) is 114 cm³/mol. The van der Waals surface area contributed by atoms with Crippen molar-refractivity contribution >= 4 is 11.6 Å². The van der Waals surface area contributed by atoms with Gasteiger partial charge in [-0.2, -0.15) is 0 Å². The highest BCUT2D eigenvalue weighted by atomic mass is 16.5. The fourth-order valence-corrected chi connectivity index (χ4v) is 4.24. The third kappa shape index (κ3) is 5.95. The van der Waals surface area contributed by atoms with Crippen molar-refractivity contribution in [1.29, 1.82) is 0 Å². The molecule has 1 aliphatic heterocycles. The van der Waals surface area contributed by atoms with Crippen molar-refractivity contribution in [3.8, 4) is 5.75 Å². The normalized spacial score (nSPS) is 18.1. The van der Waals surface area contributed by atoms with Crippen LogP contribution in [0.4, 0.5) is 5.69 Å². The molecule has 4 N–H and O–H groups in total. The Morgan fingerprint density at radius 3 is 2.17 bits per heavy atom. The summed E-state index contributed by atoms with van der Waals surface area (Å²) >= 11 is 0. The maximum absolute atomic E-state index is 12.7. The molecule has 29 heavy (non-hydrogen) atoms. The van der Waals surface area contributed by atoms with Crippen molar-refractivity contribution in [1.82, 2.24) is 10.6 Å². The Morgan fingerprint density at radius 1 is 1.03 bits per heavy atom. The van der Waals surface area contributed by atoms with Gasteiger partial charge in [0.15, 0.2) is 0 Å². The molecule has 0 aromatic heterocycles. The van der Waals surface area contributed by atoms with Gasteiger partial charge >= 0.3 is 0 Å². The van der Waals surface area contributed by atoms with Crippen molar-refractivity contribution < 1.29 is 14.7 Å². The lowest BCUT2D eigenvalue weighted by Gasteiger charge is -2.46. The van der Waals surface area contributed by atoms with E-state index in [0.717, 1.165) is 18.4 Å². The van der Waals surface area contributed by atoms with Crippen LogP contribution in [-0.2, 0) is 6.61 Å². The zero-order valence-corrected chi connectivity index (χ0v) is 17.6. The maximum atomic E-state index is 12.7. The van der Waals surface area contributed by atoms with Crippen LogP contribution in [0.25, 0.3) is 0 Å². The Balaban J connectivity index is 1.55. The van der Waals surface area contributed by atoms with Crippen molar-refractivity contribution in [2.75, 3.05) is 5.48 Å². The molecule has 1 aliphatic rings. The minimum absolute atomic E-state index is 0.0111. The molecule has 2 aromatic rings. The Labute approximate surface area is 172 Å². The summed E-state index contributed by atoms with van der Waals surface area (Å²) in [4.78, 5) is 12.7. The number of carbonyl (C=O) groups excluding carboxylic acids is 1. The number of rotatable bonds is 6. The molecule has 1 amide bonds. The minimum atomic E-state index is -0.0536. The first-order valence-corrected chi connectivity index (χ1v) is 9.98. The Bertz CT molecular complexity index is 813. The monoisotopic (exact) mass is 397 g/mol. The zero-order valence-electron chi connectivity index (χ0n) is 17.6. The number of anilines is 1. The van der Waals surface area contributed by atoms with Gasteiger partial charge in [-0.3, -0.25) is 15.5 Å². The van der Waals surface area contributed by atoms with Crippen molar-refractivity contribution in [2.45, 2.75) is 64.3 Å². The highest BCUT2D eigenvalue weighted by Gasteiger charge is 2.38. The predicted octanol–water partition coefficient (Wildman–Crippen LogP) is 4.11. The number of carbonyl (C=O) groups is 1. The number of amides is 1. The van der Waals surface area contributed by atoms with Crippen LogP contribution in [0.15, 0.2) is 48.5 Å². The van der Waals surface area contributed by atoms with E-state index in [1.165, 1.54) is 0 Å².